The number of rotatable bonds is 7. The third-order valence-electron chi connectivity index (χ3n) is 4.18. The van der Waals surface area contributed by atoms with Gasteiger partial charge in [0.1, 0.15) is 23.2 Å². The van der Waals surface area contributed by atoms with Gasteiger partial charge in [0.2, 0.25) is 0 Å². The monoisotopic (exact) mass is 368 g/mol. The number of carbonyl (C=O) groups excluding carboxylic acids is 1. The third-order valence-corrected chi connectivity index (χ3v) is 4.18. The second-order valence-electron chi connectivity index (χ2n) is 6.04. The molecule has 27 heavy (non-hydrogen) atoms. The van der Waals surface area contributed by atoms with Crippen molar-refractivity contribution in [2.24, 2.45) is 7.05 Å². The van der Waals surface area contributed by atoms with Crippen molar-refractivity contribution >= 4 is 23.0 Å². The zero-order valence-electron chi connectivity index (χ0n) is 15.1. The topological polar surface area (TPSA) is 106 Å². The molecule has 0 radical (unpaired) electrons. The van der Waals surface area contributed by atoms with Crippen LogP contribution in [0.2, 0.25) is 0 Å². The van der Waals surface area contributed by atoms with Crippen molar-refractivity contribution in [1.29, 1.82) is 0 Å². The number of phenols is 1. The van der Waals surface area contributed by atoms with E-state index in [1.54, 1.807) is 32.4 Å². The van der Waals surface area contributed by atoms with E-state index in [-0.39, 0.29) is 17.7 Å². The minimum Gasteiger partial charge on any atom is -0.508 e. The number of carbonyl (C=O) groups is 1. The summed E-state index contributed by atoms with van der Waals surface area (Å²) in [7, 11) is 3.22. The van der Waals surface area contributed by atoms with E-state index in [1.165, 1.54) is 17.0 Å². The van der Waals surface area contributed by atoms with Gasteiger partial charge in [0.15, 0.2) is 0 Å². The minimum atomic E-state index is -0.202. The maximum atomic E-state index is 12.6. The van der Waals surface area contributed by atoms with E-state index in [1.807, 2.05) is 0 Å². The summed E-state index contributed by atoms with van der Waals surface area (Å²) in [6.45, 7) is 0.933. The Balaban J connectivity index is 2.17. The molecule has 3 aromatic rings. The molecule has 0 aliphatic carbocycles. The fraction of sp³-hybridized carbons (Fsp3) is 0.263. The van der Waals surface area contributed by atoms with Crippen LogP contribution >= 0.6 is 0 Å². The van der Waals surface area contributed by atoms with Gasteiger partial charge in [-0.3, -0.25) is 4.79 Å². The molecule has 1 aromatic carbocycles. The SMILES string of the molecule is COCCNc1nc(-c2ccc(O)c(CC=O)c2)cc2ncn(C)c(=O)c12. The lowest BCUT2D eigenvalue weighted by molar-refractivity contribution is -0.107. The number of aromatic nitrogens is 3. The van der Waals surface area contributed by atoms with Crippen LogP contribution < -0.4 is 10.9 Å². The van der Waals surface area contributed by atoms with Gasteiger partial charge in [-0.25, -0.2) is 9.97 Å². The number of benzene rings is 1. The molecule has 140 valence electrons. The van der Waals surface area contributed by atoms with Crippen LogP contribution in [0.5, 0.6) is 5.75 Å². The zero-order valence-corrected chi connectivity index (χ0v) is 15.1. The van der Waals surface area contributed by atoms with Crippen LogP contribution in [-0.4, -0.2) is 46.2 Å². The minimum absolute atomic E-state index is 0.0528. The summed E-state index contributed by atoms with van der Waals surface area (Å²) in [5, 5.41) is 13.4. The third kappa shape index (κ3) is 3.80. The molecule has 0 spiro atoms. The lowest BCUT2D eigenvalue weighted by Crippen LogP contribution is -2.20. The van der Waals surface area contributed by atoms with E-state index in [2.05, 4.69) is 15.3 Å². The van der Waals surface area contributed by atoms with Crippen molar-refractivity contribution in [3.8, 4) is 17.0 Å². The van der Waals surface area contributed by atoms with Crippen molar-refractivity contribution in [3.05, 3.63) is 46.5 Å². The molecule has 2 aromatic heterocycles. The Morgan fingerprint density at radius 1 is 1.33 bits per heavy atom. The summed E-state index contributed by atoms with van der Waals surface area (Å²) in [6.07, 6.45) is 2.29. The van der Waals surface area contributed by atoms with Crippen molar-refractivity contribution in [3.63, 3.8) is 0 Å². The fourth-order valence-corrected chi connectivity index (χ4v) is 2.77. The first-order chi connectivity index (χ1) is 13.0. The van der Waals surface area contributed by atoms with Gasteiger partial charge in [-0.15, -0.1) is 0 Å². The van der Waals surface area contributed by atoms with Gasteiger partial charge in [-0.1, -0.05) is 0 Å². The number of methoxy groups -OCH3 is 1. The summed E-state index contributed by atoms with van der Waals surface area (Å²) < 4.78 is 6.45. The van der Waals surface area contributed by atoms with Crippen LogP contribution in [0.4, 0.5) is 5.82 Å². The smallest absolute Gasteiger partial charge is 0.264 e. The lowest BCUT2D eigenvalue weighted by atomic mass is 10.0. The van der Waals surface area contributed by atoms with Gasteiger partial charge in [-0.05, 0) is 24.3 Å². The van der Waals surface area contributed by atoms with Crippen LogP contribution in [0, 0.1) is 0 Å². The van der Waals surface area contributed by atoms with E-state index in [9.17, 15) is 14.7 Å². The Kier molecular flexibility index (Phi) is 5.46. The molecular formula is C19H20N4O4. The Labute approximate surface area is 155 Å². The van der Waals surface area contributed by atoms with Crippen molar-refractivity contribution in [2.75, 3.05) is 25.6 Å². The number of nitrogens with one attached hydrogen (secondary N) is 1. The summed E-state index contributed by atoms with van der Waals surface area (Å²) in [5.41, 5.74) is 2.11. The van der Waals surface area contributed by atoms with Crippen molar-refractivity contribution < 1.29 is 14.6 Å². The molecule has 0 amide bonds. The largest absolute Gasteiger partial charge is 0.508 e. The second kappa shape index (κ2) is 7.96. The molecule has 0 fully saturated rings. The Morgan fingerprint density at radius 2 is 2.15 bits per heavy atom. The van der Waals surface area contributed by atoms with Crippen LogP contribution in [-0.2, 0) is 23.0 Å². The second-order valence-corrected chi connectivity index (χ2v) is 6.04. The highest BCUT2D eigenvalue weighted by Crippen LogP contribution is 2.28. The lowest BCUT2D eigenvalue weighted by Gasteiger charge is -2.12. The number of hydrogen-bond donors (Lipinski definition) is 2. The number of hydrogen-bond acceptors (Lipinski definition) is 7. The number of nitrogens with zero attached hydrogens (tertiary/aromatic N) is 3. The van der Waals surface area contributed by atoms with Crippen molar-refractivity contribution in [2.45, 2.75) is 6.42 Å². The fourth-order valence-electron chi connectivity index (χ4n) is 2.77. The molecule has 2 N–H and O–H groups in total. The molecule has 2 heterocycles. The number of phenolic OH excluding ortho intramolecular Hbond substituents is 1. The van der Waals surface area contributed by atoms with E-state index < -0.39 is 0 Å². The van der Waals surface area contributed by atoms with E-state index in [0.29, 0.717) is 46.7 Å². The molecule has 0 aliphatic rings. The molecule has 8 nitrogen and oxygen atoms in total. The number of aryl methyl sites for hydroxylation is 1. The first-order valence-electron chi connectivity index (χ1n) is 8.40. The molecule has 0 unspecified atom stereocenters. The van der Waals surface area contributed by atoms with Crippen LogP contribution in [0.15, 0.2) is 35.4 Å². The quantitative estimate of drug-likeness (QED) is 0.481. The van der Waals surface area contributed by atoms with Gasteiger partial charge < -0.3 is 24.5 Å². The Bertz CT molecular complexity index is 1050. The van der Waals surface area contributed by atoms with E-state index in [4.69, 9.17) is 4.74 Å². The Morgan fingerprint density at radius 3 is 2.89 bits per heavy atom. The van der Waals surface area contributed by atoms with Crippen LogP contribution in [0.25, 0.3) is 22.2 Å². The molecule has 0 saturated heterocycles. The average Bonchev–Trinajstić information content (AvgIpc) is 2.66. The first kappa shape index (κ1) is 18.5. The summed E-state index contributed by atoms with van der Waals surface area (Å²) >= 11 is 0. The van der Waals surface area contributed by atoms with Crippen LogP contribution in [0.3, 0.4) is 0 Å². The highest BCUT2D eigenvalue weighted by atomic mass is 16.5. The zero-order chi connectivity index (χ0) is 19.4. The molecule has 0 saturated carbocycles. The summed E-state index contributed by atoms with van der Waals surface area (Å²) in [6, 6.07) is 6.65. The molecule has 0 aliphatic heterocycles. The van der Waals surface area contributed by atoms with Gasteiger partial charge in [0.05, 0.1) is 24.1 Å². The van der Waals surface area contributed by atoms with Gasteiger partial charge in [0.25, 0.3) is 5.56 Å². The molecule has 8 heteroatoms. The maximum absolute atomic E-state index is 12.6. The molecular weight excluding hydrogens is 348 g/mol. The highest BCUT2D eigenvalue weighted by molar-refractivity contribution is 5.91. The van der Waals surface area contributed by atoms with E-state index >= 15 is 0 Å². The van der Waals surface area contributed by atoms with Crippen molar-refractivity contribution in [1.82, 2.24) is 14.5 Å². The number of pyridine rings is 1. The molecule has 0 bridgehead atoms. The number of aromatic hydroxyl groups is 1. The number of ether oxygens (including phenoxy) is 1. The normalized spacial score (nSPS) is 10.9. The van der Waals surface area contributed by atoms with Crippen LogP contribution in [0.1, 0.15) is 5.56 Å². The molecule has 3 rings (SSSR count). The maximum Gasteiger partial charge on any atom is 0.264 e. The Hall–Kier alpha value is -3.26. The summed E-state index contributed by atoms with van der Waals surface area (Å²) in [4.78, 5) is 32.3. The number of anilines is 1. The summed E-state index contributed by atoms with van der Waals surface area (Å²) in [5.74, 6) is 0.468. The highest BCUT2D eigenvalue weighted by Gasteiger charge is 2.14. The van der Waals surface area contributed by atoms with Gasteiger partial charge in [-0.2, -0.15) is 0 Å². The standard InChI is InChI=1S/C19H20N4O4/c1-23-11-21-15-10-14(12-3-4-16(25)13(9-12)5-7-24)22-18(17(15)19(23)26)20-6-8-27-2/h3-4,7,9-11,25H,5-6,8H2,1-2H3,(H,20,22). The average molecular weight is 368 g/mol. The van der Waals surface area contributed by atoms with E-state index in [0.717, 1.165) is 6.29 Å². The predicted molar refractivity (Wildman–Crippen MR) is 102 cm³/mol. The predicted octanol–water partition coefficient (Wildman–Crippen LogP) is 1.50. The number of aldehydes is 1. The molecule has 0 atom stereocenters. The number of fused-ring (bicyclic) bond motifs is 1. The van der Waals surface area contributed by atoms with Gasteiger partial charge in [0, 0.05) is 38.2 Å². The van der Waals surface area contributed by atoms with Gasteiger partial charge >= 0.3 is 0 Å². The first-order valence-corrected chi connectivity index (χ1v) is 8.40.